The first-order valence-corrected chi connectivity index (χ1v) is 8.99. The number of nitrogens with one attached hydrogen (secondary N) is 4. The fraction of sp³-hybridized carbons (Fsp3) is 0.556. The van der Waals surface area contributed by atoms with Crippen molar-refractivity contribution in [3.8, 4) is 0 Å². The van der Waals surface area contributed by atoms with Crippen LogP contribution in [0, 0.1) is 5.92 Å². The van der Waals surface area contributed by atoms with Crippen molar-refractivity contribution in [2.45, 2.75) is 31.8 Å². The highest BCUT2D eigenvalue weighted by Gasteiger charge is 2.20. The Morgan fingerprint density at radius 3 is 2.36 bits per heavy atom. The Morgan fingerprint density at radius 1 is 1.04 bits per heavy atom. The van der Waals surface area contributed by atoms with Gasteiger partial charge in [0, 0.05) is 30.4 Å². The lowest BCUT2D eigenvalue weighted by Gasteiger charge is -2.21. The molecule has 1 aromatic carbocycles. The lowest BCUT2D eigenvalue weighted by Crippen LogP contribution is -2.35. The number of anilines is 2. The third kappa shape index (κ3) is 5.44. The minimum absolute atomic E-state index is 0.0662. The molecule has 2 aliphatic heterocycles. The van der Waals surface area contributed by atoms with Crippen LogP contribution >= 0.6 is 0 Å². The maximum Gasteiger partial charge on any atom is 0.319 e. The Bertz CT molecular complexity index is 578. The van der Waals surface area contributed by atoms with E-state index in [2.05, 4.69) is 21.3 Å². The van der Waals surface area contributed by atoms with E-state index in [9.17, 15) is 9.59 Å². The summed E-state index contributed by atoms with van der Waals surface area (Å²) in [6, 6.07) is 6.92. The first-order chi connectivity index (χ1) is 12.2. The van der Waals surface area contributed by atoms with E-state index in [1.807, 2.05) is 0 Å². The zero-order chi connectivity index (χ0) is 17.5. The van der Waals surface area contributed by atoms with Crippen LogP contribution in [0.1, 0.15) is 25.7 Å². The zero-order valence-electron chi connectivity index (χ0n) is 14.3. The Balaban J connectivity index is 1.43. The van der Waals surface area contributed by atoms with Crippen molar-refractivity contribution in [2.24, 2.45) is 5.92 Å². The average molecular weight is 346 g/mol. The van der Waals surface area contributed by atoms with Crippen LogP contribution in [0.2, 0.25) is 0 Å². The number of piperidine rings is 1. The normalized spacial score (nSPS) is 20.9. The van der Waals surface area contributed by atoms with E-state index in [-0.39, 0.29) is 24.0 Å². The second kappa shape index (κ2) is 8.82. The monoisotopic (exact) mass is 346 g/mol. The van der Waals surface area contributed by atoms with Crippen molar-refractivity contribution < 1.29 is 14.3 Å². The first-order valence-electron chi connectivity index (χ1n) is 8.99. The number of rotatable bonds is 5. The number of ether oxygens (including phenoxy) is 1. The van der Waals surface area contributed by atoms with Crippen LogP contribution in [0.15, 0.2) is 24.3 Å². The van der Waals surface area contributed by atoms with Gasteiger partial charge in [-0.05, 0) is 63.0 Å². The quantitative estimate of drug-likeness (QED) is 0.656. The van der Waals surface area contributed by atoms with E-state index in [0.29, 0.717) is 12.2 Å². The van der Waals surface area contributed by atoms with Gasteiger partial charge in [0.2, 0.25) is 5.91 Å². The number of hydrogen-bond donors (Lipinski definition) is 4. The largest absolute Gasteiger partial charge is 0.376 e. The summed E-state index contributed by atoms with van der Waals surface area (Å²) >= 11 is 0. The molecule has 0 bridgehead atoms. The van der Waals surface area contributed by atoms with Crippen molar-refractivity contribution in [1.82, 2.24) is 10.6 Å². The van der Waals surface area contributed by atoms with Crippen LogP contribution in [0.25, 0.3) is 0 Å². The van der Waals surface area contributed by atoms with E-state index in [4.69, 9.17) is 4.74 Å². The molecule has 1 atom stereocenters. The molecule has 2 heterocycles. The highest BCUT2D eigenvalue weighted by molar-refractivity contribution is 5.93. The molecule has 7 heteroatoms. The molecule has 3 rings (SSSR count). The Morgan fingerprint density at radius 2 is 1.72 bits per heavy atom. The van der Waals surface area contributed by atoms with Crippen molar-refractivity contribution >= 4 is 23.3 Å². The van der Waals surface area contributed by atoms with Gasteiger partial charge in [-0.25, -0.2) is 4.79 Å². The number of benzene rings is 1. The van der Waals surface area contributed by atoms with Crippen LogP contribution in [0.4, 0.5) is 16.2 Å². The van der Waals surface area contributed by atoms with Gasteiger partial charge >= 0.3 is 6.03 Å². The standard InChI is InChI=1S/C18H26N4O3/c23-17(13-7-9-19-10-8-13)21-14-3-5-15(6-4-14)22-18(24)20-12-16-2-1-11-25-16/h3-6,13,16,19H,1-2,7-12H2,(H,21,23)(H2,20,22,24). The topological polar surface area (TPSA) is 91.5 Å². The smallest absolute Gasteiger partial charge is 0.319 e. The number of carbonyl (C=O) groups excluding carboxylic acids is 2. The van der Waals surface area contributed by atoms with Gasteiger partial charge < -0.3 is 26.0 Å². The second-order valence-corrected chi connectivity index (χ2v) is 6.56. The predicted molar refractivity (Wildman–Crippen MR) is 96.7 cm³/mol. The van der Waals surface area contributed by atoms with Crippen LogP contribution < -0.4 is 21.3 Å². The Kier molecular flexibility index (Phi) is 6.25. The molecule has 136 valence electrons. The van der Waals surface area contributed by atoms with E-state index in [1.165, 1.54) is 0 Å². The molecular weight excluding hydrogens is 320 g/mol. The van der Waals surface area contributed by atoms with Crippen molar-refractivity contribution in [1.29, 1.82) is 0 Å². The highest BCUT2D eigenvalue weighted by Crippen LogP contribution is 2.18. The van der Waals surface area contributed by atoms with E-state index in [1.54, 1.807) is 24.3 Å². The van der Waals surface area contributed by atoms with Crippen molar-refractivity contribution in [3.05, 3.63) is 24.3 Å². The molecule has 2 aliphatic rings. The third-order valence-corrected chi connectivity index (χ3v) is 4.63. The minimum atomic E-state index is -0.248. The van der Waals surface area contributed by atoms with E-state index < -0.39 is 0 Å². The molecule has 0 saturated carbocycles. The van der Waals surface area contributed by atoms with E-state index >= 15 is 0 Å². The van der Waals surface area contributed by atoms with Gasteiger partial charge in [-0.15, -0.1) is 0 Å². The predicted octanol–water partition coefficient (Wildman–Crippen LogP) is 1.93. The van der Waals surface area contributed by atoms with Gasteiger partial charge in [0.1, 0.15) is 0 Å². The molecule has 0 spiro atoms. The second-order valence-electron chi connectivity index (χ2n) is 6.56. The minimum Gasteiger partial charge on any atom is -0.376 e. The molecule has 7 nitrogen and oxygen atoms in total. The van der Waals surface area contributed by atoms with Gasteiger partial charge in [-0.3, -0.25) is 4.79 Å². The average Bonchev–Trinajstić information content (AvgIpc) is 3.16. The fourth-order valence-electron chi connectivity index (χ4n) is 3.15. The molecule has 25 heavy (non-hydrogen) atoms. The lowest BCUT2D eigenvalue weighted by molar-refractivity contribution is -0.120. The van der Waals surface area contributed by atoms with Gasteiger partial charge in [0.05, 0.1) is 6.10 Å². The number of urea groups is 1. The third-order valence-electron chi connectivity index (χ3n) is 4.63. The molecule has 0 aliphatic carbocycles. The van der Waals surface area contributed by atoms with Crippen LogP contribution in [0.5, 0.6) is 0 Å². The Labute approximate surface area is 147 Å². The molecule has 1 aromatic rings. The SMILES string of the molecule is O=C(NCC1CCCO1)Nc1ccc(NC(=O)C2CCNCC2)cc1. The maximum atomic E-state index is 12.2. The summed E-state index contributed by atoms with van der Waals surface area (Å²) in [5.41, 5.74) is 1.43. The molecule has 0 aromatic heterocycles. The molecule has 2 fully saturated rings. The van der Waals surface area contributed by atoms with Gasteiger partial charge in [0.15, 0.2) is 0 Å². The summed E-state index contributed by atoms with van der Waals surface area (Å²) in [7, 11) is 0. The summed E-state index contributed by atoms with van der Waals surface area (Å²) in [6.07, 6.45) is 3.91. The summed E-state index contributed by atoms with van der Waals surface area (Å²) in [5, 5.41) is 11.8. The number of amides is 3. The fourth-order valence-corrected chi connectivity index (χ4v) is 3.15. The summed E-state index contributed by atoms with van der Waals surface area (Å²) < 4.78 is 5.47. The summed E-state index contributed by atoms with van der Waals surface area (Å²) in [4.78, 5) is 24.1. The van der Waals surface area contributed by atoms with Crippen molar-refractivity contribution in [3.63, 3.8) is 0 Å². The molecular formula is C18H26N4O3. The molecule has 1 unspecified atom stereocenters. The van der Waals surface area contributed by atoms with Gasteiger partial charge in [0.25, 0.3) is 0 Å². The van der Waals surface area contributed by atoms with Crippen LogP contribution in [0.3, 0.4) is 0 Å². The molecule has 4 N–H and O–H groups in total. The van der Waals surface area contributed by atoms with Gasteiger partial charge in [-0.2, -0.15) is 0 Å². The summed E-state index contributed by atoms with van der Waals surface area (Å²) in [6.45, 7) is 3.08. The molecule has 2 saturated heterocycles. The Hall–Kier alpha value is -2.12. The highest BCUT2D eigenvalue weighted by atomic mass is 16.5. The van der Waals surface area contributed by atoms with E-state index in [0.717, 1.165) is 51.1 Å². The maximum absolute atomic E-state index is 12.2. The molecule has 0 radical (unpaired) electrons. The zero-order valence-corrected chi connectivity index (χ0v) is 14.3. The molecule has 3 amide bonds. The lowest BCUT2D eigenvalue weighted by atomic mass is 9.97. The van der Waals surface area contributed by atoms with Gasteiger partial charge in [-0.1, -0.05) is 0 Å². The van der Waals surface area contributed by atoms with Crippen LogP contribution in [-0.4, -0.2) is 44.3 Å². The van der Waals surface area contributed by atoms with Crippen LogP contribution in [-0.2, 0) is 9.53 Å². The number of hydrogen-bond acceptors (Lipinski definition) is 4. The first kappa shape index (κ1) is 17.7. The summed E-state index contributed by atoms with van der Waals surface area (Å²) in [5.74, 6) is 0.138. The number of carbonyl (C=O) groups is 2. The van der Waals surface area contributed by atoms with Crippen molar-refractivity contribution in [2.75, 3.05) is 36.9 Å².